The number of rotatable bonds is 5. The molecule has 8 heteroatoms. The van der Waals surface area contributed by atoms with Crippen LogP contribution in [0.5, 0.6) is 0 Å². The molecule has 1 aromatic carbocycles. The zero-order chi connectivity index (χ0) is 17.8. The maximum Gasteiger partial charge on any atom is 0.389 e. The molecule has 1 N–H and O–H groups in total. The number of nitrogens with zero attached hydrogens (tertiary/aromatic N) is 4. The zero-order valence-electron chi connectivity index (χ0n) is 13.7. The molecule has 1 amide bonds. The Kier molecular flexibility index (Phi) is 5.08. The first-order valence-corrected chi connectivity index (χ1v) is 8.23. The second-order valence-corrected chi connectivity index (χ2v) is 6.20. The minimum atomic E-state index is -0.586. The summed E-state index contributed by atoms with van der Waals surface area (Å²) in [5.74, 6) is -0.264. The summed E-state index contributed by atoms with van der Waals surface area (Å²) in [6.45, 7) is 1.12. The van der Waals surface area contributed by atoms with Gasteiger partial charge in [-0.15, -0.1) is 0 Å². The third-order valence-electron chi connectivity index (χ3n) is 4.59. The number of hydrogen-bond acceptors (Lipinski definition) is 5. The molecule has 2 aromatic rings. The number of amides is 1. The molecular weight excluding hydrogens is 324 g/mol. The van der Waals surface area contributed by atoms with Crippen LogP contribution in [0.25, 0.3) is 0 Å². The predicted octanol–water partition coefficient (Wildman–Crippen LogP) is 1.76. The number of carbonyl (C=O) groups is 1. The van der Waals surface area contributed by atoms with Gasteiger partial charge in [0.25, 0.3) is 0 Å². The number of aliphatic hydroxyl groups excluding tert-OH is 1. The van der Waals surface area contributed by atoms with Crippen molar-refractivity contribution in [2.24, 2.45) is 5.92 Å². The summed E-state index contributed by atoms with van der Waals surface area (Å²) in [6, 6.07) is 10.8. The lowest BCUT2D eigenvalue weighted by atomic mass is 9.87. The summed E-state index contributed by atoms with van der Waals surface area (Å²) in [6.07, 6.45) is 2.36. The molecule has 0 bridgehead atoms. The molecule has 0 spiro atoms. The average molecular weight is 344 g/mol. The highest BCUT2D eigenvalue weighted by Gasteiger charge is 2.28. The van der Waals surface area contributed by atoms with Gasteiger partial charge in [0.05, 0.1) is 23.5 Å². The van der Waals surface area contributed by atoms with Gasteiger partial charge in [0.15, 0.2) is 0 Å². The van der Waals surface area contributed by atoms with Gasteiger partial charge in [-0.2, -0.15) is 4.68 Å². The lowest BCUT2D eigenvalue weighted by Crippen LogP contribution is -2.41. The maximum absolute atomic E-state index is 12.3. The van der Waals surface area contributed by atoms with E-state index in [1.807, 2.05) is 30.3 Å². The molecule has 0 radical (unpaired) electrons. The molecule has 1 aliphatic rings. The highest BCUT2D eigenvalue weighted by Crippen LogP contribution is 2.30. The first-order valence-electron chi connectivity index (χ1n) is 8.23. The number of aromatic nitrogens is 2. The maximum atomic E-state index is 12.3. The van der Waals surface area contributed by atoms with Crippen LogP contribution in [0.3, 0.4) is 0 Å². The van der Waals surface area contributed by atoms with E-state index in [1.54, 1.807) is 4.90 Å². The molecule has 132 valence electrons. The molecule has 1 aromatic heterocycles. The summed E-state index contributed by atoms with van der Waals surface area (Å²) in [5.41, 5.74) is 0.899. The van der Waals surface area contributed by atoms with Crippen LogP contribution >= 0.6 is 0 Å². The molecule has 25 heavy (non-hydrogen) atoms. The first-order chi connectivity index (χ1) is 12.0. The van der Waals surface area contributed by atoms with E-state index in [2.05, 4.69) is 5.10 Å². The number of piperidine rings is 1. The number of carbonyl (C=O) groups excluding carboxylic acids is 1. The minimum absolute atomic E-state index is 0.0141. The fourth-order valence-electron chi connectivity index (χ4n) is 3.16. The van der Waals surface area contributed by atoms with Gasteiger partial charge in [0, 0.05) is 13.1 Å². The van der Waals surface area contributed by atoms with Crippen LogP contribution in [0.4, 0.5) is 5.82 Å². The summed E-state index contributed by atoms with van der Waals surface area (Å²) in [5, 5.41) is 24.9. The van der Waals surface area contributed by atoms with Gasteiger partial charge in [0.1, 0.15) is 6.54 Å². The fourth-order valence-corrected chi connectivity index (χ4v) is 3.16. The molecule has 0 saturated carbocycles. The van der Waals surface area contributed by atoms with E-state index in [4.69, 9.17) is 0 Å². The molecule has 1 atom stereocenters. The van der Waals surface area contributed by atoms with Gasteiger partial charge in [-0.3, -0.25) is 4.79 Å². The van der Waals surface area contributed by atoms with Gasteiger partial charge >= 0.3 is 5.82 Å². The molecule has 1 unspecified atom stereocenters. The van der Waals surface area contributed by atoms with Crippen LogP contribution < -0.4 is 0 Å². The smallest absolute Gasteiger partial charge is 0.388 e. The van der Waals surface area contributed by atoms with E-state index in [0.717, 1.165) is 18.4 Å². The third kappa shape index (κ3) is 4.03. The molecule has 1 fully saturated rings. The van der Waals surface area contributed by atoms with Crippen LogP contribution in [-0.4, -0.2) is 43.7 Å². The molecule has 1 saturated heterocycles. The highest BCUT2D eigenvalue weighted by atomic mass is 16.6. The Balaban J connectivity index is 1.53. The summed E-state index contributed by atoms with van der Waals surface area (Å²) in [4.78, 5) is 24.1. The quantitative estimate of drug-likeness (QED) is 0.658. The highest BCUT2D eigenvalue weighted by molar-refractivity contribution is 5.76. The molecular formula is C17H20N4O4. The zero-order valence-corrected chi connectivity index (χ0v) is 13.7. The summed E-state index contributed by atoms with van der Waals surface area (Å²) < 4.78 is 1.28. The van der Waals surface area contributed by atoms with Crippen LogP contribution in [0.2, 0.25) is 0 Å². The Morgan fingerprint density at radius 1 is 1.28 bits per heavy atom. The summed E-state index contributed by atoms with van der Waals surface area (Å²) in [7, 11) is 0. The monoisotopic (exact) mass is 344 g/mol. The lowest BCUT2D eigenvalue weighted by molar-refractivity contribution is -0.389. The minimum Gasteiger partial charge on any atom is -0.388 e. The Labute approximate surface area is 144 Å². The van der Waals surface area contributed by atoms with E-state index >= 15 is 0 Å². The SMILES string of the molecule is O=C(Cn1ccc([N+](=O)[O-])n1)N1CCC(C(O)c2ccccc2)CC1. The van der Waals surface area contributed by atoms with Crippen LogP contribution in [0.1, 0.15) is 24.5 Å². The Morgan fingerprint density at radius 2 is 1.96 bits per heavy atom. The van der Waals surface area contributed by atoms with Crippen molar-refractivity contribution >= 4 is 11.7 Å². The van der Waals surface area contributed by atoms with E-state index in [-0.39, 0.29) is 24.2 Å². The van der Waals surface area contributed by atoms with Gasteiger partial charge < -0.3 is 20.1 Å². The third-order valence-corrected chi connectivity index (χ3v) is 4.59. The van der Waals surface area contributed by atoms with Crippen LogP contribution in [0.15, 0.2) is 42.6 Å². The molecule has 8 nitrogen and oxygen atoms in total. The normalized spacial score (nSPS) is 16.6. The van der Waals surface area contributed by atoms with Crippen molar-refractivity contribution in [3.05, 3.63) is 58.3 Å². The van der Waals surface area contributed by atoms with Crippen molar-refractivity contribution < 1.29 is 14.8 Å². The Hall–Kier alpha value is -2.74. The Morgan fingerprint density at radius 3 is 2.56 bits per heavy atom. The van der Waals surface area contributed by atoms with Crippen molar-refractivity contribution in [2.45, 2.75) is 25.5 Å². The van der Waals surface area contributed by atoms with Gasteiger partial charge in [-0.1, -0.05) is 30.3 Å². The van der Waals surface area contributed by atoms with Gasteiger partial charge in [0.2, 0.25) is 5.91 Å². The van der Waals surface area contributed by atoms with Crippen molar-refractivity contribution in [3.63, 3.8) is 0 Å². The number of hydrogen-bond donors (Lipinski definition) is 1. The molecule has 3 rings (SSSR count). The van der Waals surface area contributed by atoms with Crippen molar-refractivity contribution in [2.75, 3.05) is 13.1 Å². The second kappa shape index (κ2) is 7.43. The number of nitro groups is 1. The average Bonchev–Trinajstić information content (AvgIpc) is 3.11. The largest absolute Gasteiger partial charge is 0.389 e. The van der Waals surface area contributed by atoms with Gasteiger partial charge in [-0.05, 0) is 29.2 Å². The standard InChI is InChI=1S/C17H20N4O4/c22-16(12-20-11-8-15(18-20)21(24)25)19-9-6-14(7-10-19)17(23)13-4-2-1-3-5-13/h1-5,8,11,14,17,23H,6-7,9-10,12H2. The van der Waals surface area contributed by atoms with E-state index < -0.39 is 11.0 Å². The first kappa shape index (κ1) is 17.1. The van der Waals surface area contributed by atoms with E-state index in [9.17, 15) is 20.0 Å². The molecule has 2 heterocycles. The summed E-state index contributed by atoms with van der Waals surface area (Å²) >= 11 is 0. The number of likely N-dealkylation sites (tertiary alicyclic amines) is 1. The van der Waals surface area contributed by atoms with Crippen LogP contribution in [0, 0.1) is 16.0 Å². The fraction of sp³-hybridized carbons (Fsp3) is 0.412. The topological polar surface area (TPSA) is 102 Å². The van der Waals surface area contributed by atoms with Crippen LogP contribution in [-0.2, 0) is 11.3 Å². The predicted molar refractivity (Wildman–Crippen MR) is 89.6 cm³/mol. The van der Waals surface area contributed by atoms with E-state index in [0.29, 0.717) is 13.1 Å². The van der Waals surface area contributed by atoms with Crippen molar-refractivity contribution in [1.29, 1.82) is 0 Å². The molecule has 0 aliphatic carbocycles. The molecule has 1 aliphatic heterocycles. The number of benzene rings is 1. The lowest BCUT2D eigenvalue weighted by Gasteiger charge is -2.34. The van der Waals surface area contributed by atoms with Crippen molar-refractivity contribution in [1.82, 2.24) is 14.7 Å². The Bertz CT molecular complexity index is 738. The van der Waals surface area contributed by atoms with Crippen molar-refractivity contribution in [3.8, 4) is 0 Å². The second-order valence-electron chi connectivity index (χ2n) is 6.20. The van der Waals surface area contributed by atoms with Gasteiger partial charge in [-0.25, -0.2) is 0 Å². The van der Waals surface area contributed by atoms with E-state index in [1.165, 1.54) is 16.9 Å². The number of aliphatic hydroxyl groups is 1.